The van der Waals surface area contributed by atoms with Gasteiger partial charge in [-0.15, -0.1) is 5.10 Å². The first-order chi connectivity index (χ1) is 13.6. The van der Waals surface area contributed by atoms with Gasteiger partial charge in [0.25, 0.3) is 0 Å². The largest absolute Gasteiger partial charge is 0.358 e. The lowest BCUT2D eigenvalue weighted by Gasteiger charge is -2.32. The van der Waals surface area contributed by atoms with E-state index in [0.29, 0.717) is 0 Å². The van der Waals surface area contributed by atoms with Crippen molar-refractivity contribution in [2.45, 2.75) is 25.0 Å². The van der Waals surface area contributed by atoms with E-state index in [0.717, 1.165) is 56.9 Å². The van der Waals surface area contributed by atoms with Crippen LogP contribution in [0.5, 0.6) is 0 Å². The highest BCUT2D eigenvalue weighted by Crippen LogP contribution is 2.23. The zero-order valence-corrected chi connectivity index (χ0v) is 16.6. The zero-order valence-electron chi connectivity index (χ0n) is 16.6. The van der Waals surface area contributed by atoms with Crippen molar-refractivity contribution >= 4 is 5.91 Å². The molecule has 0 bridgehead atoms. The zero-order chi connectivity index (χ0) is 19.5. The van der Waals surface area contributed by atoms with Gasteiger partial charge in [-0.1, -0.05) is 29.5 Å². The fourth-order valence-corrected chi connectivity index (χ4v) is 3.93. The normalized spacial score (nSPS) is 23.8. The van der Waals surface area contributed by atoms with Crippen LogP contribution in [0.2, 0.25) is 0 Å². The summed E-state index contributed by atoms with van der Waals surface area (Å²) in [4.78, 5) is 16.7. The molecule has 4 rings (SSSR count). The third-order valence-corrected chi connectivity index (χ3v) is 5.81. The molecule has 0 saturated carbocycles. The Morgan fingerprint density at radius 2 is 1.96 bits per heavy atom. The van der Waals surface area contributed by atoms with Crippen LogP contribution < -0.4 is 10.6 Å². The van der Waals surface area contributed by atoms with Crippen LogP contribution in [0.25, 0.3) is 11.3 Å². The smallest absolute Gasteiger partial charge is 0.236 e. The van der Waals surface area contributed by atoms with E-state index in [1.165, 1.54) is 5.56 Å². The molecule has 0 unspecified atom stereocenters. The molecule has 0 aliphatic carbocycles. The fourth-order valence-electron chi connectivity index (χ4n) is 3.93. The van der Waals surface area contributed by atoms with E-state index in [1.807, 2.05) is 10.9 Å². The first kappa shape index (κ1) is 19.0. The molecule has 0 spiro atoms. The van der Waals surface area contributed by atoms with E-state index < -0.39 is 0 Å². The van der Waals surface area contributed by atoms with Gasteiger partial charge in [-0.3, -0.25) is 9.69 Å². The van der Waals surface area contributed by atoms with Gasteiger partial charge in [0.2, 0.25) is 5.91 Å². The summed E-state index contributed by atoms with van der Waals surface area (Å²) in [6.45, 7) is 6.24. The lowest BCUT2D eigenvalue weighted by molar-refractivity contribution is -0.122. The molecule has 0 radical (unpaired) electrons. The molecule has 1 amide bonds. The molecule has 150 valence electrons. The number of hydrogen-bond acceptors (Lipinski definition) is 6. The topological polar surface area (TPSA) is 78.3 Å². The van der Waals surface area contributed by atoms with E-state index in [4.69, 9.17) is 0 Å². The van der Waals surface area contributed by atoms with Crippen molar-refractivity contribution in [2.75, 3.05) is 46.8 Å². The molecule has 2 atom stereocenters. The van der Waals surface area contributed by atoms with Gasteiger partial charge < -0.3 is 15.5 Å². The summed E-state index contributed by atoms with van der Waals surface area (Å²) in [6.07, 6.45) is 2.71. The molecular formula is C20H29N7O. The van der Waals surface area contributed by atoms with Crippen LogP contribution in [-0.2, 0) is 11.3 Å². The highest BCUT2D eigenvalue weighted by Gasteiger charge is 2.30. The summed E-state index contributed by atoms with van der Waals surface area (Å²) < 4.78 is 1.88. The molecule has 2 aromatic rings. The van der Waals surface area contributed by atoms with Gasteiger partial charge in [0.15, 0.2) is 0 Å². The van der Waals surface area contributed by atoms with E-state index in [-0.39, 0.29) is 18.0 Å². The Hall–Kier alpha value is -2.29. The van der Waals surface area contributed by atoms with Crippen molar-refractivity contribution in [3.8, 4) is 11.3 Å². The minimum absolute atomic E-state index is 0.0266. The first-order valence-electron chi connectivity index (χ1n) is 9.99. The highest BCUT2D eigenvalue weighted by atomic mass is 16.2. The number of amides is 1. The van der Waals surface area contributed by atoms with E-state index >= 15 is 0 Å². The summed E-state index contributed by atoms with van der Waals surface area (Å²) in [6, 6.07) is 8.62. The summed E-state index contributed by atoms with van der Waals surface area (Å²) in [7, 11) is 3.85. The minimum atomic E-state index is -0.156. The maximum atomic E-state index is 11.8. The van der Waals surface area contributed by atoms with E-state index in [1.54, 1.807) is 7.05 Å². The molecule has 2 saturated heterocycles. The number of benzene rings is 1. The lowest BCUT2D eigenvalue weighted by atomic mass is 10.1. The lowest BCUT2D eigenvalue weighted by Crippen LogP contribution is -2.43. The van der Waals surface area contributed by atoms with E-state index in [9.17, 15) is 4.79 Å². The van der Waals surface area contributed by atoms with Crippen LogP contribution >= 0.6 is 0 Å². The Morgan fingerprint density at radius 1 is 1.21 bits per heavy atom. The van der Waals surface area contributed by atoms with E-state index in [2.05, 4.69) is 62.1 Å². The minimum Gasteiger partial charge on any atom is -0.358 e. The number of nitrogens with zero attached hydrogens (tertiary/aromatic N) is 5. The van der Waals surface area contributed by atoms with Crippen molar-refractivity contribution in [2.24, 2.45) is 0 Å². The molecule has 28 heavy (non-hydrogen) atoms. The standard InChI is InChI=1S/C20H29N7O/c1-21-20(28)18-11-17(12-22-18)27-14-19(23-24-27)16-5-3-15(4-6-16)13-26-9-7-25(2)8-10-26/h3-6,14,17-18,22H,7-13H2,1-2H3,(H,21,28)/t17-,18+/m1/s1. The molecule has 3 heterocycles. The number of carbonyl (C=O) groups excluding carboxylic acids is 1. The molecular weight excluding hydrogens is 354 g/mol. The van der Waals surface area contributed by atoms with Crippen LogP contribution in [-0.4, -0.2) is 83.6 Å². The fraction of sp³-hybridized carbons (Fsp3) is 0.550. The van der Waals surface area contributed by atoms with Crippen molar-refractivity contribution in [1.82, 2.24) is 35.4 Å². The second-order valence-corrected chi connectivity index (χ2v) is 7.82. The van der Waals surface area contributed by atoms with Gasteiger partial charge in [0.1, 0.15) is 5.69 Å². The average molecular weight is 384 g/mol. The molecule has 2 N–H and O–H groups in total. The molecule has 1 aromatic heterocycles. The number of aromatic nitrogens is 3. The molecule has 8 heteroatoms. The third-order valence-electron chi connectivity index (χ3n) is 5.81. The van der Waals surface area contributed by atoms with Crippen LogP contribution in [0.1, 0.15) is 18.0 Å². The van der Waals surface area contributed by atoms with Crippen molar-refractivity contribution < 1.29 is 4.79 Å². The monoisotopic (exact) mass is 383 g/mol. The number of nitrogens with one attached hydrogen (secondary N) is 2. The van der Waals surface area contributed by atoms with Crippen LogP contribution in [0.15, 0.2) is 30.5 Å². The Labute approximate surface area is 165 Å². The van der Waals surface area contributed by atoms with Gasteiger partial charge in [0, 0.05) is 51.9 Å². The SMILES string of the molecule is CNC(=O)[C@@H]1C[C@@H](n2cc(-c3ccc(CN4CCN(C)CC4)cc3)nn2)CN1. The maximum Gasteiger partial charge on any atom is 0.236 e. The predicted molar refractivity (Wildman–Crippen MR) is 108 cm³/mol. The summed E-state index contributed by atoms with van der Waals surface area (Å²) in [5.74, 6) is 0.0266. The number of hydrogen-bond donors (Lipinski definition) is 2. The number of likely N-dealkylation sites (N-methyl/N-ethyl adjacent to an activating group) is 2. The molecule has 1 aromatic carbocycles. The Balaban J connectivity index is 1.37. The maximum absolute atomic E-state index is 11.8. The summed E-state index contributed by atoms with van der Waals surface area (Å²) in [5.41, 5.74) is 3.27. The van der Waals surface area contributed by atoms with Crippen molar-refractivity contribution in [1.29, 1.82) is 0 Å². The van der Waals surface area contributed by atoms with Gasteiger partial charge in [-0.05, 0) is 19.0 Å². The number of piperazine rings is 1. The quantitative estimate of drug-likeness (QED) is 0.775. The van der Waals surface area contributed by atoms with Crippen molar-refractivity contribution in [3.63, 3.8) is 0 Å². The highest BCUT2D eigenvalue weighted by molar-refractivity contribution is 5.81. The first-order valence-corrected chi connectivity index (χ1v) is 9.99. The van der Waals surface area contributed by atoms with Gasteiger partial charge in [-0.2, -0.15) is 0 Å². The molecule has 2 fully saturated rings. The molecule has 2 aliphatic heterocycles. The Morgan fingerprint density at radius 3 is 2.68 bits per heavy atom. The number of rotatable bonds is 5. The third kappa shape index (κ3) is 4.24. The van der Waals surface area contributed by atoms with Gasteiger partial charge >= 0.3 is 0 Å². The summed E-state index contributed by atoms with van der Waals surface area (Å²) >= 11 is 0. The average Bonchev–Trinajstić information content (AvgIpc) is 3.39. The molecule has 2 aliphatic rings. The van der Waals surface area contributed by atoms with Crippen LogP contribution in [0, 0.1) is 0 Å². The van der Waals surface area contributed by atoms with Crippen LogP contribution in [0.3, 0.4) is 0 Å². The Bertz CT molecular complexity index is 795. The number of carbonyl (C=O) groups is 1. The van der Waals surface area contributed by atoms with Gasteiger partial charge in [-0.25, -0.2) is 4.68 Å². The predicted octanol–water partition coefficient (Wildman–Crippen LogP) is 0.342. The van der Waals surface area contributed by atoms with Gasteiger partial charge in [0.05, 0.1) is 18.3 Å². The summed E-state index contributed by atoms with van der Waals surface area (Å²) in [5, 5.41) is 14.6. The van der Waals surface area contributed by atoms with Crippen LogP contribution in [0.4, 0.5) is 0 Å². The molecule has 8 nitrogen and oxygen atoms in total. The Kier molecular flexibility index (Phi) is 5.70. The van der Waals surface area contributed by atoms with Crippen molar-refractivity contribution in [3.05, 3.63) is 36.0 Å². The second kappa shape index (κ2) is 8.38. The second-order valence-electron chi connectivity index (χ2n) is 7.82.